The largest absolute Gasteiger partial charge is 0.466 e. The molecule has 0 aliphatic carbocycles. The fourth-order valence-electron chi connectivity index (χ4n) is 2.47. The van der Waals surface area contributed by atoms with E-state index >= 15 is 0 Å². The van der Waals surface area contributed by atoms with Gasteiger partial charge in [0, 0.05) is 25.1 Å². The highest BCUT2D eigenvalue weighted by Crippen LogP contribution is 2.32. The van der Waals surface area contributed by atoms with E-state index in [0.717, 1.165) is 0 Å². The fraction of sp³-hybridized carbons (Fsp3) is 0.438. The van der Waals surface area contributed by atoms with Gasteiger partial charge in [0.25, 0.3) is 0 Å². The third kappa shape index (κ3) is 4.51. The number of ether oxygens (including phenoxy) is 1. The van der Waals surface area contributed by atoms with Gasteiger partial charge in [-0.25, -0.2) is 4.39 Å². The summed E-state index contributed by atoms with van der Waals surface area (Å²) in [4.78, 5) is 35.1. The molecule has 1 atom stereocenters. The number of hydrogen-bond acceptors (Lipinski definition) is 4. The Kier molecular flexibility index (Phi) is 5.67. The maximum Gasteiger partial charge on any atom is 0.305 e. The van der Waals surface area contributed by atoms with Gasteiger partial charge < -0.3 is 15.4 Å². The lowest BCUT2D eigenvalue weighted by molar-refractivity contribution is -0.143. The van der Waals surface area contributed by atoms with Crippen molar-refractivity contribution in [2.24, 2.45) is 0 Å². The maximum absolute atomic E-state index is 13.2. The standard InChI is InChI=1S/C16H19FN2O4/c1-2-23-15(21)4-3-7-18-16(22)12-9-14(20)19-13-8-10(17)5-6-11(12)13/h5-6,8,12H,2-4,7,9H2,1H3,(H,18,22)(H,19,20). The summed E-state index contributed by atoms with van der Waals surface area (Å²) in [5.41, 5.74) is 0.918. The van der Waals surface area contributed by atoms with Crippen molar-refractivity contribution in [2.45, 2.75) is 32.1 Å². The van der Waals surface area contributed by atoms with Crippen LogP contribution in [-0.2, 0) is 19.1 Å². The molecule has 2 rings (SSSR count). The molecule has 2 N–H and O–H groups in total. The molecule has 1 aliphatic rings. The second-order valence-corrected chi connectivity index (χ2v) is 5.24. The number of rotatable bonds is 6. The van der Waals surface area contributed by atoms with Crippen molar-refractivity contribution in [2.75, 3.05) is 18.5 Å². The van der Waals surface area contributed by atoms with E-state index in [1.807, 2.05) is 0 Å². The van der Waals surface area contributed by atoms with E-state index in [1.54, 1.807) is 6.92 Å². The molecule has 2 amide bonds. The number of benzene rings is 1. The Bertz CT molecular complexity index is 618. The Morgan fingerprint density at radius 2 is 2.22 bits per heavy atom. The number of hydrogen-bond donors (Lipinski definition) is 2. The summed E-state index contributed by atoms with van der Waals surface area (Å²) >= 11 is 0. The van der Waals surface area contributed by atoms with Crippen molar-refractivity contribution < 1.29 is 23.5 Å². The number of fused-ring (bicyclic) bond motifs is 1. The predicted molar refractivity (Wildman–Crippen MR) is 81.3 cm³/mol. The van der Waals surface area contributed by atoms with Gasteiger partial charge in [-0.2, -0.15) is 0 Å². The lowest BCUT2D eigenvalue weighted by Gasteiger charge is -2.24. The number of esters is 1. The molecule has 1 aliphatic heterocycles. The maximum atomic E-state index is 13.2. The van der Waals surface area contributed by atoms with Crippen molar-refractivity contribution in [1.82, 2.24) is 5.32 Å². The average Bonchev–Trinajstić information content (AvgIpc) is 2.50. The summed E-state index contributed by atoms with van der Waals surface area (Å²) in [5.74, 6) is -2.06. The van der Waals surface area contributed by atoms with Crippen LogP contribution in [-0.4, -0.2) is 30.9 Å². The van der Waals surface area contributed by atoms with Crippen LogP contribution in [0.2, 0.25) is 0 Å². The molecule has 0 aromatic heterocycles. The molecule has 1 unspecified atom stereocenters. The molecule has 0 bridgehead atoms. The Morgan fingerprint density at radius 3 is 2.96 bits per heavy atom. The van der Waals surface area contributed by atoms with Crippen molar-refractivity contribution in [3.8, 4) is 0 Å². The zero-order chi connectivity index (χ0) is 16.8. The lowest BCUT2D eigenvalue weighted by atomic mass is 9.89. The minimum Gasteiger partial charge on any atom is -0.466 e. The Labute approximate surface area is 133 Å². The molecule has 1 heterocycles. The summed E-state index contributed by atoms with van der Waals surface area (Å²) in [6.45, 7) is 2.37. The van der Waals surface area contributed by atoms with Gasteiger partial charge in [0.2, 0.25) is 11.8 Å². The second-order valence-electron chi connectivity index (χ2n) is 5.24. The Morgan fingerprint density at radius 1 is 1.43 bits per heavy atom. The highest BCUT2D eigenvalue weighted by atomic mass is 19.1. The molecule has 0 spiro atoms. The summed E-state index contributed by atoms with van der Waals surface area (Å²) in [5, 5.41) is 5.27. The smallest absolute Gasteiger partial charge is 0.305 e. The lowest BCUT2D eigenvalue weighted by Crippen LogP contribution is -2.35. The van der Waals surface area contributed by atoms with E-state index in [1.165, 1.54) is 18.2 Å². The van der Waals surface area contributed by atoms with Crippen LogP contribution in [0.1, 0.15) is 37.7 Å². The van der Waals surface area contributed by atoms with Crippen LogP contribution in [0.25, 0.3) is 0 Å². The van der Waals surface area contributed by atoms with Crippen LogP contribution in [0.4, 0.5) is 10.1 Å². The molecule has 7 heteroatoms. The molecule has 124 valence electrons. The van der Waals surface area contributed by atoms with Crippen molar-refractivity contribution in [1.29, 1.82) is 0 Å². The van der Waals surface area contributed by atoms with Crippen molar-refractivity contribution in [3.63, 3.8) is 0 Å². The molecular formula is C16H19FN2O4. The molecule has 6 nitrogen and oxygen atoms in total. The van der Waals surface area contributed by atoms with E-state index in [9.17, 15) is 18.8 Å². The van der Waals surface area contributed by atoms with Gasteiger partial charge in [-0.3, -0.25) is 14.4 Å². The normalized spacial score (nSPS) is 16.3. The molecule has 1 aromatic carbocycles. The van der Waals surface area contributed by atoms with Crippen LogP contribution in [0.3, 0.4) is 0 Å². The molecule has 0 fully saturated rings. The fourth-order valence-corrected chi connectivity index (χ4v) is 2.47. The van der Waals surface area contributed by atoms with Crippen LogP contribution >= 0.6 is 0 Å². The zero-order valence-electron chi connectivity index (χ0n) is 12.9. The first-order valence-electron chi connectivity index (χ1n) is 7.54. The van der Waals surface area contributed by atoms with Gasteiger partial charge in [0.1, 0.15) is 5.82 Å². The van der Waals surface area contributed by atoms with E-state index < -0.39 is 11.7 Å². The number of amides is 2. The highest BCUT2D eigenvalue weighted by Gasteiger charge is 2.30. The average molecular weight is 322 g/mol. The Balaban J connectivity index is 1.92. The molecule has 0 saturated heterocycles. The van der Waals surface area contributed by atoms with Crippen LogP contribution in [0.15, 0.2) is 18.2 Å². The minimum atomic E-state index is -0.651. The molecular weight excluding hydrogens is 303 g/mol. The minimum absolute atomic E-state index is 0.0162. The zero-order valence-corrected chi connectivity index (χ0v) is 12.9. The molecule has 0 saturated carbocycles. The third-order valence-corrected chi connectivity index (χ3v) is 3.53. The number of carbonyl (C=O) groups excluding carboxylic acids is 3. The highest BCUT2D eigenvalue weighted by molar-refractivity contribution is 6.01. The predicted octanol–water partition coefficient (Wildman–Crippen LogP) is 1.71. The van der Waals surface area contributed by atoms with Gasteiger partial charge in [-0.15, -0.1) is 0 Å². The quantitative estimate of drug-likeness (QED) is 0.617. The Hall–Kier alpha value is -2.44. The van der Waals surface area contributed by atoms with E-state index in [-0.39, 0.29) is 30.6 Å². The summed E-state index contributed by atoms with van der Waals surface area (Å²) in [6, 6.07) is 3.97. The van der Waals surface area contributed by atoms with Crippen LogP contribution in [0.5, 0.6) is 0 Å². The van der Waals surface area contributed by atoms with Gasteiger partial charge in [-0.1, -0.05) is 6.07 Å². The van der Waals surface area contributed by atoms with Gasteiger partial charge in [0.05, 0.1) is 12.5 Å². The monoisotopic (exact) mass is 322 g/mol. The topological polar surface area (TPSA) is 84.5 Å². The third-order valence-electron chi connectivity index (χ3n) is 3.53. The van der Waals surface area contributed by atoms with Crippen molar-refractivity contribution >= 4 is 23.5 Å². The first-order chi connectivity index (χ1) is 11.0. The number of carbonyl (C=O) groups is 3. The van der Waals surface area contributed by atoms with Gasteiger partial charge in [0.15, 0.2) is 0 Å². The first-order valence-corrected chi connectivity index (χ1v) is 7.54. The number of nitrogens with one attached hydrogen (secondary N) is 2. The van der Waals surface area contributed by atoms with E-state index in [4.69, 9.17) is 4.74 Å². The number of anilines is 1. The van der Waals surface area contributed by atoms with Crippen LogP contribution in [0, 0.1) is 5.82 Å². The van der Waals surface area contributed by atoms with E-state index in [0.29, 0.717) is 30.8 Å². The van der Waals surface area contributed by atoms with E-state index in [2.05, 4.69) is 10.6 Å². The van der Waals surface area contributed by atoms with Gasteiger partial charge >= 0.3 is 5.97 Å². The van der Waals surface area contributed by atoms with Crippen molar-refractivity contribution in [3.05, 3.63) is 29.6 Å². The summed E-state index contributed by atoms with van der Waals surface area (Å²) in [7, 11) is 0. The summed E-state index contributed by atoms with van der Waals surface area (Å²) < 4.78 is 18.0. The SMILES string of the molecule is CCOC(=O)CCCNC(=O)C1CC(=O)Nc2cc(F)ccc21. The van der Waals surface area contributed by atoms with Gasteiger partial charge in [-0.05, 0) is 31.0 Å². The van der Waals surface area contributed by atoms with Crippen LogP contribution < -0.4 is 10.6 Å². The summed E-state index contributed by atoms with van der Waals surface area (Å²) in [6.07, 6.45) is 0.698. The molecule has 23 heavy (non-hydrogen) atoms. The second kappa shape index (κ2) is 7.71. The first kappa shape index (κ1) is 16.9. The number of halogens is 1. The molecule has 0 radical (unpaired) electrons. The molecule has 1 aromatic rings.